The minimum atomic E-state index is -0.362. The number of ether oxygens (including phenoxy) is 2. The van der Waals surface area contributed by atoms with Gasteiger partial charge in [0.05, 0.1) is 18.7 Å². The molecular weight excluding hydrogens is 455 g/mol. The highest BCUT2D eigenvalue weighted by Crippen LogP contribution is 2.34. The number of fused-ring (bicyclic) bond motifs is 1. The van der Waals surface area contributed by atoms with Crippen LogP contribution < -0.4 is 4.74 Å². The molecule has 0 radical (unpaired) electrons. The summed E-state index contributed by atoms with van der Waals surface area (Å²) in [6, 6.07) is 7.78. The summed E-state index contributed by atoms with van der Waals surface area (Å²) in [5.41, 5.74) is 1.07. The van der Waals surface area contributed by atoms with E-state index in [1.807, 2.05) is 30.2 Å². The van der Waals surface area contributed by atoms with Crippen LogP contribution in [0.25, 0.3) is 0 Å². The number of hydrogen-bond acceptors (Lipinski definition) is 5. The van der Waals surface area contributed by atoms with E-state index in [0.29, 0.717) is 31.9 Å². The first-order valence-electron chi connectivity index (χ1n) is 12.0. The third kappa shape index (κ3) is 6.16. The zero-order valence-electron chi connectivity index (χ0n) is 19.9. The maximum atomic E-state index is 13.6. The van der Waals surface area contributed by atoms with Crippen LogP contribution in [0.2, 0.25) is 0 Å². The van der Waals surface area contributed by atoms with Gasteiger partial charge < -0.3 is 19.3 Å². The summed E-state index contributed by atoms with van der Waals surface area (Å²) < 4.78 is 25.3. The van der Waals surface area contributed by atoms with Crippen LogP contribution in [0.5, 0.6) is 5.75 Å². The number of nitrogens with zero attached hydrogens (tertiary/aromatic N) is 2. The molecule has 2 unspecified atom stereocenters. The largest absolute Gasteiger partial charge is 0.491 e. The van der Waals surface area contributed by atoms with Crippen molar-refractivity contribution in [3.8, 4) is 5.75 Å². The number of thiophene rings is 1. The van der Waals surface area contributed by atoms with E-state index in [1.54, 1.807) is 28.4 Å². The minimum Gasteiger partial charge on any atom is -0.491 e. The number of hydrogen-bond donors (Lipinski definition) is 0. The molecule has 4 rings (SSSR count). The van der Waals surface area contributed by atoms with Crippen LogP contribution in [0.1, 0.15) is 49.6 Å². The standard InChI is InChI=1S/C26H33FN2O4S/c1-18(2)13-25(30)28(15-21-7-4-11-32-21)16-26(31)29-10-8-24-22(9-12-34-24)23(29)17-33-20-6-3-5-19(27)14-20/h3,5-6,9,12,14,18,21,23H,4,7-8,10-11,13,15-17H2,1-2H3. The maximum Gasteiger partial charge on any atom is 0.242 e. The molecule has 1 fully saturated rings. The summed E-state index contributed by atoms with van der Waals surface area (Å²) in [5, 5.41) is 2.03. The van der Waals surface area contributed by atoms with Gasteiger partial charge in [0.2, 0.25) is 11.8 Å². The Morgan fingerprint density at radius 2 is 2.18 bits per heavy atom. The highest BCUT2D eigenvalue weighted by molar-refractivity contribution is 7.10. The molecule has 8 heteroatoms. The molecule has 0 spiro atoms. The number of amides is 2. The number of carbonyl (C=O) groups is 2. The van der Waals surface area contributed by atoms with Gasteiger partial charge in [-0.25, -0.2) is 4.39 Å². The second-order valence-corrected chi connectivity index (χ2v) is 10.4. The van der Waals surface area contributed by atoms with Gasteiger partial charge in [-0.05, 0) is 54.3 Å². The van der Waals surface area contributed by atoms with Gasteiger partial charge in [-0.3, -0.25) is 9.59 Å². The Morgan fingerprint density at radius 3 is 2.91 bits per heavy atom. The molecule has 184 valence electrons. The van der Waals surface area contributed by atoms with E-state index in [-0.39, 0.29) is 48.8 Å². The Bertz CT molecular complexity index is 989. The number of halogens is 1. The second kappa shape index (κ2) is 11.3. The summed E-state index contributed by atoms with van der Waals surface area (Å²) in [6.07, 6.45) is 3.06. The third-order valence-electron chi connectivity index (χ3n) is 6.33. The number of rotatable bonds is 9. The summed E-state index contributed by atoms with van der Waals surface area (Å²) in [5.74, 6) is 0.172. The third-order valence-corrected chi connectivity index (χ3v) is 7.33. The van der Waals surface area contributed by atoms with E-state index in [9.17, 15) is 14.0 Å². The molecular formula is C26H33FN2O4S. The van der Waals surface area contributed by atoms with Gasteiger partial charge >= 0.3 is 0 Å². The average Bonchev–Trinajstić information content (AvgIpc) is 3.48. The lowest BCUT2D eigenvalue weighted by Gasteiger charge is -2.37. The average molecular weight is 489 g/mol. The molecule has 1 saturated heterocycles. The monoisotopic (exact) mass is 488 g/mol. The Hall–Kier alpha value is -2.45. The van der Waals surface area contributed by atoms with E-state index in [1.165, 1.54) is 17.0 Å². The Kier molecular flexibility index (Phi) is 8.21. The minimum absolute atomic E-state index is 0.0131. The first-order valence-corrected chi connectivity index (χ1v) is 12.9. The van der Waals surface area contributed by atoms with Gasteiger partial charge in [-0.1, -0.05) is 19.9 Å². The van der Waals surface area contributed by atoms with Gasteiger partial charge in [0.15, 0.2) is 0 Å². The van der Waals surface area contributed by atoms with E-state index >= 15 is 0 Å². The van der Waals surface area contributed by atoms with Crippen LogP contribution in [0.4, 0.5) is 4.39 Å². The molecule has 1 aromatic heterocycles. The fourth-order valence-corrected chi connectivity index (χ4v) is 5.56. The topological polar surface area (TPSA) is 59.1 Å². The molecule has 2 aliphatic heterocycles. The van der Waals surface area contributed by atoms with E-state index in [4.69, 9.17) is 9.47 Å². The zero-order valence-corrected chi connectivity index (χ0v) is 20.7. The second-order valence-electron chi connectivity index (χ2n) is 9.43. The molecule has 2 aromatic rings. The molecule has 6 nitrogen and oxygen atoms in total. The lowest BCUT2D eigenvalue weighted by molar-refractivity contribution is -0.144. The van der Waals surface area contributed by atoms with Crippen molar-refractivity contribution >= 4 is 23.2 Å². The molecule has 1 aromatic carbocycles. The summed E-state index contributed by atoms with van der Waals surface area (Å²) in [4.78, 5) is 31.3. The molecule has 2 atom stereocenters. The molecule has 0 saturated carbocycles. The number of benzene rings is 1. The fourth-order valence-electron chi connectivity index (χ4n) is 4.63. The molecule has 34 heavy (non-hydrogen) atoms. The van der Waals surface area contributed by atoms with Crippen molar-refractivity contribution in [1.82, 2.24) is 9.80 Å². The first kappa shape index (κ1) is 24.7. The van der Waals surface area contributed by atoms with Crippen LogP contribution in [-0.2, 0) is 20.7 Å². The normalized spacial score (nSPS) is 19.8. The summed E-state index contributed by atoms with van der Waals surface area (Å²) in [7, 11) is 0. The lowest BCUT2D eigenvalue weighted by atomic mass is 10.00. The zero-order chi connectivity index (χ0) is 24.1. The summed E-state index contributed by atoms with van der Waals surface area (Å²) >= 11 is 1.68. The highest BCUT2D eigenvalue weighted by Gasteiger charge is 2.34. The molecule has 0 aliphatic carbocycles. The van der Waals surface area contributed by atoms with Crippen molar-refractivity contribution in [3.63, 3.8) is 0 Å². The van der Waals surface area contributed by atoms with E-state index < -0.39 is 0 Å². The lowest BCUT2D eigenvalue weighted by Crippen LogP contribution is -2.49. The van der Waals surface area contributed by atoms with Gasteiger partial charge in [-0.15, -0.1) is 11.3 Å². The molecule has 2 aliphatic rings. The molecule has 0 bridgehead atoms. The predicted molar refractivity (Wildman–Crippen MR) is 129 cm³/mol. The first-order chi connectivity index (χ1) is 16.4. The smallest absolute Gasteiger partial charge is 0.242 e. The van der Waals surface area contributed by atoms with Gasteiger partial charge in [0.1, 0.15) is 18.2 Å². The van der Waals surface area contributed by atoms with E-state index in [0.717, 1.165) is 24.8 Å². The van der Waals surface area contributed by atoms with Crippen molar-refractivity contribution in [2.24, 2.45) is 5.92 Å². The van der Waals surface area contributed by atoms with Crippen LogP contribution >= 0.6 is 11.3 Å². The Labute approximate surface area is 204 Å². The fraction of sp³-hybridized carbons (Fsp3) is 0.538. The van der Waals surface area contributed by atoms with Crippen LogP contribution in [0, 0.1) is 11.7 Å². The highest BCUT2D eigenvalue weighted by atomic mass is 32.1. The SMILES string of the molecule is CC(C)CC(=O)N(CC(=O)N1CCc2sccc2C1COc1cccc(F)c1)CC1CCCO1. The van der Waals surface area contributed by atoms with Crippen molar-refractivity contribution in [3.05, 3.63) is 52.0 Å². The van der Waals surface area contributed by atoms with Gasteiger partial charge in [-0.2, -0.15) is 0 Å². The molecule has 3 heterocycles. The molecule has 2 amide bonds. The quantitative estimate of drug-likeness (QED) is 0.524. The van der Waals surface area contributed by atoms with Gasteiger partial charge in [0, 0.05) is 37.1 Å². The Balaban J connectivity index is 1.49. The van der Waals surface area contributed by atoms with Crippen molar-refractivity contribution in [2.45, 2.75) is 51.7 Å². The summed E-state index contributed by atoms with van der Waals surface area (Å²) in [6.45, 7) is 5.98. The van der Waals surface area contributed by atoms with Crippen molar-refractivity contribution in [2.75, 3.05) is 32.8 Å². The van der Waals surface area contributed by atoms with Crippen LogP contribution in [-0.4, -0.2) is 60.6 Å². The van der Waals surface area contributed by atoms with Crippen LogP contribution in [0.15, 0.2) is 35.7 Å². The van der Waals surface area contributed by atoms with Gasteiger partial charge in [0.25, 0.3) is 0 Å². The van der Waals surface area contributed by atoms with Crippen molar-refractivity contribution < 1.29 is 23.5 Å². The Morgan fingerprint density at radius 1 is 1.32 bits per heavy atom. The maximum absolute atomic E-state index is 13.6. The molecule has 0 N–H and O–H groups in total. The van der Waals surface area contributed by atoms with Crippen molar-refractivity contribution in [1.29, 1.82) is 0 Å². The van der Waals surface area contributed by atoms with Crippen LogP contribution in [0.3, 0.4) is 0 Å². The van der Waals surface area contributed by atoms with E-state index in [2.05, 4.69) is 0 Å². The predicted octanol–water partition coefficient (Wildman–Crippen LogP) is 4.45. The number of carbonyl (C=O) groups excluding carboxylic acids is 2.